The molecule has 11 atom stereocenters. The van der Waals surface area contributed by atoms with E-state index in [4.69, 9.17) is 27.1 Å². The van der Waals surface area contributed by atoms with Crippen LogP contribution in [-0.4, -0.2) is 105 Å². The van der Waals surface area contributed by atoms with Gasteiger partial charge in [0.2, 0.25) is 0 Å². The number of aliphatic carboxylic acids is 1. The number of hydrogen-bond donors (Lipinski definition) is 5. The van der Waals surface area contributed by atoms with Crippen LogP contribution >= 0.6 is 23.4 Å². The lowest BCUT2D eigenvalue weighted by Gasteiger charge is -2.47. The van der Waals surface area contributed by atoms with Crippen molar-refractivity contribution in [1.29, 1.82) is 0 Å². The van der Waals surface area contributed by atoms with E-state index in [0.717, 1.165) is 75.1 Å². The molecule has 45 heavy (non-hydrogen) atoms. The number of carboxylic acid groups (broad SMARTS) is 1. The van der Waals surface area contributed by atoms with E-state index in [1.165, 1.54) is 0 Å². The minimum atomic E-state index is -0.706. The molecule has 2 aliphatic carbocycles. The molecule has 3 saturated heterocycles. The van der Waals surface area contributed by atoms with E-state index in [-0.39, 0.29) is 52.5 Å². The molecule has 3 aliphatic heterocycles. The average Bonchev–Trinajstić information content (AvgIpc) is 3.43. The van der Waals surface area contributed by atoms with Crippen LogP contribution in [0.2, 0.25) is 0 Å². The fourth-order valence-corrected chi connectivity index (χ4v) is 11.0. The molecular weight excluding hydrogens is 614 g/mol. The van der Waals surface area contributed by atoms with E-state index in [2.05, 4.69) is 34.8 Å². The number of nitrogens with zero attached hydrogens (tertiary/aromatic N) is 3. The second-order valence-corrected chi connectivity index (χ2v) is 16.0. The number of hydrogen-bond acceptors (Lipinski definition) is 10. The number of fused-ring (bicyclic) bond motifs is 2. The summed E-state index contributed by atoms with van der Waals surface area (Å²) in [5, 5.41) is 20.5. The van der Waals surface area contributed by atoms with Gasteiger partial charge in [0.25, 0.3) is 5.56 Å². The second kappa shape index (κ2) is 14.5. The van der Waals surface area contributed by atoms with Gasteiger partial charge in [0.15, 0.2) is 0 Å². The lowest BCUT2D eigenvalue weighted by atomic mass is 9.70. The SMILES string of the molecule is Cc1nc2c(c(=O)n1CCOC1CCC(Cl)CC1C1CC(C)NC3C(C(=O)O)CSC13)CC(N(C)CC1CCNC(N)N1)CC2. The lowest BCUT2D eigenvalue weighted by Crippen LogP contribution is -2.61. The molecule has 13 heteroatoms. The zero-order valence-corrected chi connectivity index (χ0v) is 28.5. The van der Waals surface area contributed by atoms with Crippen molar-refractivity contribution in [3.8, 4) is 0 Å². The first-order valence-electron chi connectivity index (χ1n) is 17.0. The molecule has 0 aromatic carbocycles. The highest BCUT2D eigenvalue weighted by Gasteiger charge is 2.51. The quantitative estimate of drug-likeness (QED) is 0.245. The number of ether oxygens (including phenoxy) is 1. The number of nitrogens with two attached hydrogens (primary N) is 1. The number of likely N-dealkylation sites (N-methyl/N-ethyl adjacent to an activating group) is 1. The molecule has 252 valence electrons. The van der Waals surface area contributed by atoms with E-state index < -0.39 is 5.97 Å². The largest absolute Gasteiger partial charge is 0.481 e. The van der Waals surface area contributed by atoms with Crippen LogP contribution in [0, 0.1) is 24.7 Å². The van der Waals surface area contributed by atoms with Gasteiger partial charge in [-0.2, -0.15) is 11.8 Å². The maximum absolute atomic E-state index is 13.9. The number of piperidine rings is 1. The van der Waals surface area contributed by atoms with Crippen molar-refractivity contribution in [3.63, 3.8) is 0 Å². The lowest BCUT2D eigenvalue weighted by molar-refractivity contribution is -0.142. The minimum absolute atomic E-state index is 0.0169. The van der Waals surface area contributed by atoms with Crippen LogP contribution in [0.4, 0.5) is 0 Å². The Kier molecular flexibility index (Phi) is 10.8. The van der Waals surface area contributed by atoms with Gasteiger partial charge in [-0.05, 0) is 90.6 Å². The van der Waals surface area contributed by atoms with Gasteiger partial charge < -0.3 is 25.8 Å². The maximum Gasteiger partial charge on any atom is 0.308 e. The monoisotopic (exact) mass is 665 g/mol. The third kappa shape index (κ3) is 7.43. The number of carbonyl (C=O) groups is 1. The van der Waals surface area contributed by atoms with Crippen LogP contribution in [-0.2, 0) is 28.9 Å². The Labute approximate surface area is 276 Å². The van der Waals surface area contributed by atoms with Crippen molar-refractivity contribution < 1.29 is 14.6 Å². The van der Waals surface area contributed by atoms with Crippen molar-refractivity contribution >= 4 is 29.3 Å². The van der Waals surface area contributed by atoms with Gasteiger partial charge in [-0.15, -0.1) is 11.6 Å². The van der Waals surface area contributed by atoms with E-state index in [1.54, 1.807) is 0 Å². The number of nitrogens with one attached hydrogen (secondary N) is 3. The number of aromatic nitrogens is 2. The Hall–Kier alpha value is -1.25. The number of thioether (sulfide) groups is 1. The Balaban J connectivity index is 1.10. The molecule has 6 N–H and O–H groups in total. The van der Waals surface area contributed by atoms with Crippen LogP contribution in [0.15, 0.2) is 4.79 Å². The predicted octanol–water partition coefficient (Wildman–Crippen LogP) is 1.51. The third-order valence-corrected chi connectivity index (χ3v) is 13.1. The van der Waals surface area contributed by atoms with E-state index in [9.17, 15) is 14.7 Å². The Bertz CT molecular complexity index is 1270. The molecule has 0 spiro atoms. The molecule has 1 aromatic heterocycles. The molecule has 11 nitrogen and oxygen atoms in total. The molecule has 4 heterocycles. The van der Waals surface area contributed by atoms with Crippen molar-refractivity contribution in [2.24, 2.45) is 23.5 Å². The van der Waals surface area contributed by atoms with E-state index in [1.807, 2.05) is 23.3 Å². The van der Waals surface area contributed by atoms with Gasteiger partial charge >= 0.3 is 5.97 Å². The summed E-state index contributed by atoms with van der Waals surface area (Å²) < 4.78 is 8.45. The molecule has 0 radical (unpaired) electrons. The summed E-state index contributed by atoms with van der Waals surface area (Å²) in [6, 6.07) is 0.869. The number of halogens is 1. The van der Waals surface area contributed by atoms with E-state index >= 15 is 0 Å². The summed E-state index contributed by atoms with van der Waals surface area (Å²) in [6.07, 6.45) is 7.12. The summed E-state index contributed by atoms with van der Waals surface area (Å²) in [6.45, 7) is 6.82. The molecule has 1 aromatic rings. The van der Waals surface area contributed by atoms with Crippen LogP contribution in [0.1, 0.15) is 62.5 Å². The number of aryl methyl sites for hydroxylation is 2. The summed E-state index contributed by atoms with van der Waals surface area (Å²) >= 11 is 8.56. The topological polar surface area (TPSA) is 147 Å². The number of alkyl halides is 1. The summed E-state index contributed by atoms with van der Waals surface area (Å²) in [7, 11) is 2.15. The van der Waals surface area contributed by atoms with Gasteiger partial charge in [0, 0.05) is 52.7 Å². The molecule has 0 amide bonds. The van der Waals surface area contributed by atoms with Crippen molar-refractivity contribution in [3.05, 3.63) is 27.4 Å². The first kappa shape index (κ1) is 33.6. The normalized spacial score (nSPS) is 38.6. The molecule has 6 rings (SSSR count). The zero-order valence-electron chi connectivity index (χ0n) is 26.9. The standard InChI is InChI=1S/C32H52ClN7O4S/c1-17-12-23(29-28(36-17)25(16-45-29)31(42)43)22-13-19(33)4-7-27(22)44-11-10-40-18(2)37-26-6-5-21(14-24(26)30(40)41)39(3)15-20-8-9-35-32(34)38-20/h17,19-23,25,27-29,32,35-36,38H,4-16,34H2,1-3H3,(H,42,43). The maximum atomic E-state index is 13.9. The van der Waals surface area contributed by atoms with Gasteiger partial charge in [-0.25, -0.2) is 4.98 Å². The average molecular weight is 666 g/mol. The Morgan fingerprint density at radius 2 is 2.04 bits per heavy atom. The summed E-state index contributed by atoms with van der Waals surface area (Å²) in [5.41, 5.74) is 7.91. The predicted molar refractivity (Wildman–Crippen MR) is 178 cm³/mol. The van der Waals surface area contributed by atoms with Crippen molar-refractivity contribution in [2.45, 2.75) is 119 Å². The molecule has 1 saturated carbocycles. The van der Waals surface area contributed by atoms with Crippen molar-refractivity contribution in [2.75, 3.05) is 32.5 Å². The fourth-order valence-electron chi connectivity index (χ4n) is 8.81. The van der Waals surface area contributed by atoms with Crippen molar-refractivity contribution in [1.82, 2.24) is 30.4 Å². The summed E-state index contributed by atoms with van der Waals surface area (Å²) in [4.78, 5) is 33.1. The number of rotatable bonds is 9. The third-order valence-electron chi connectivity index (χ3n) is 11.2. The van der Waals surface area contributed by atoms with Gasteiger partial charge in [0.1, 0.15) is 12.1 Å². The zero-order chi connectivity index (χ0) is 31.8. The Morgan fingerprint density at radius 1 is 1.22 bits per heavy atom. The van der Waals surface area contributed by atoms with Gasteiger partial charge in [0.05, 0.1) is 30.9 Å². The number of carboxylic acids is 1. The first-order valence-corrected chi connectivity index (χ1v) is 18.5. The second-order valence-electron chi connectivity index (χ2n) is 14.2. The highest BCUT2D eigenvalue weighted by Crippen LogP contribution is 2.48. The Morgan fingerprint density at radius 3 is 2.82 bits per heavy atom. The van der Waals surface area contributed by atoms with Gasteiger partial charge in [-0.1, -0.05) is 0 Å². The molecule has 0 bridgehead atoms. The fraction of sp³-hybridized carbons (Fsp3) is 0.844. The van der Waals surface area contributed by atoms with Crippen LogP contribution in [0.5, 0.6) is 0 Å². The molecular formula is C32H52ClN7O4S. The highest BCUT2D eigenvalue weighted by atomic mass is 35.5. The molecule has 11 unspecified atom stereocenters. The molecule has 4 fully saturated rings. The first-order chi connectivity index (χ1) is 21.6. The minimum Gasteiger partial charge on any atom is -0.481 e. The van der Waals surface area contributed by atoms with Crippen LogP contribution in [0.25, 0.3) is 0 Å². The summed E-state index contributed by atoms with van der Waals surface area (Å²) in [5.74, 6) is 0.967. The molecule has 5 aliphatic rings. The highest BCUT2D eigenvalue weighted by molar-refractivity contribution is 8.00. The van der Waals surface area contributed by atoms with Crippen LogP contribution in [0.3, 0.4) is 0 Å². The van der Waals surface area contributed by atoms with Gasteiger partial charge in [-0.3, -0.25) is 24.8 Å². The van der Waals surface area contributed by atoms with Crippen LogP contribution < -0.4 is 27.2 Å². The smallest absolute Gasteiger partial charge is 0.308 e. The van der Waals surface area contributed by atoms with E-state index in [0.29, 0.717) is 43.3 Å².